The predicted octanol–water partition coefficient (Wildman–Crippen LogP) is 2.06. The molecule has 0 atom stereocenters. The fourth-order valence-corrected chi connectivity index (χ4v) is 5.84. The van der Waals surface area contributed by atoms with Crippen molar-refractivity contribution < 1.29 is 28.5 Å². The quantitative estimate of drug-likeness (QED) is 0.0198. The number of piperazine rings is 1. The number of nitrogens with two attached hydrogens (primary N) is 4. The molecule has 1 aliphatic heterocycles. The second-order valence-corrected chi connectivity index (χ2v) is 13.9. The van der Waals surface area contributed by atoms with Gasteiger partial charge in [-0.15, -0.1) is 0 Å². The lowest BCUT2D eigenvalue weighted by Gasteiger charge is -2.33. The number of amidine groups is 4. The Morgan fingerprint density at radius 2 is 0.758 bits per heavy atom. The van der Waals surface area contributed by atoms with Crippen LogP contribution in [0.2, 0.25) is 0 Å². The number of rotatable bonds is 25. The molecule has 18 nitrogen and oxygen atoms in total. The van der Waals surface area contributed by atoms with E-state index in [2.05, 4.69) is 10.6 Å². The van der Waals surface area contributed by atoms with Gasteiger partial charge >= 0.3 is 11.8 Å². The smallest absolute Gasteiger partial charge is 0.312 e. The van der Waals surface area contributed by atoms with Crippen LogP contribution in [0.15, 0.2) is 97.1 Å². The van der Waals surface area contributed by atoms with Crippen molar-refractivity contribution in [2.45, 2.75) is 12.8 Å². The first kappa shape index (κ1) is 47.5. The normalized spacial score (nSPS) is 12.2. The number of hydrogen-bond acceptors (Lipinski definition) is 12. The van der Waals surface area contributed by atoms with Crippen molar-refractivity contribution in [3.63, 3.8) is 0 Å². The van der Waals surface area contributed by atoms with Gasteiger partial charge in [0, 0.05) is 61.5 Å². The average Bonchev–Trinajstić information content (AvgIpc) is 3.27. The summed E-state index contributed by atoms with van der Waals surface area (Å²) in [7, 11) is 0. The zero-order valence-corrected chi connectivity index (χ0v) is 34.8. The summed E-state index contributed by atoms with van der Waals surface area (Å²) < 4.78 is 22.6. The lowest BCUT2D eigenvalue weighted by molar-refractivity contribution is -0.156. The van der Waals surface area contributed by atoms with Crippen LogP contribution >= 0.6 is 0 Å². The molecule has 62 heavy (non-hydrogen) atoms. The highest BCUT2D eigenvalue weighted by atomic mass is 16.5. The number of benzene rings is 4. The first-order chi connectivity index (χ1) is 29.9. The zero-order chi connectivity index (χ0) is 44.7. The fraction of sp³-hybridized carbons (Fsp3) is 0.318. The van der Waals surface area contributed by atoms with E-state index in [9.17, 15) is 9.59 Å². The number of carbonyl (C=O) groups excluding carboxylic acids is 2. The monoisotopic (exact) mass is 850 g/mol. The topological polar surface area (TPSA) is 301 Å². The molecule has 0 radical (unpaired) electrons. The van der Waals surface area contributed by atoms with Gasteiger partial charge < -0.3 is 62.3 Å². The predicted molar refractivity (Wildman–Crippen MR) is 240 cm³/mol. The molecule has 0 spiro atoms. The molecular formula is C44H58N12O6. The van der Waals surface area contributed by atoms with E-state index >= 15 is 0 Å². The van der Waals surface area contributed by atoms with Crippen molar-refractivity contribution in [1.82, 2.24) is 20.4 Å². The van der Waals surface area contributed by atoms with Crippen LogP contribution in [-0.4, -0.2) is 124 Å². The zero-order valence-electron chi connectivity index (χ0n) is 34.8. The first-order valence-electron chi connectivity index (χ1n) is 20.2. The molecule has 330 valence electrons. The highest BCUT2D eigenvalue weighted by Gasteiger charge is 2.32. The van der Waals surface area contributed by atoms with Crippen molar-refractivity contribution in [2.24, 2.45) is 22.9 Å². The number of amides is 2. The van der Waals surface area contributed by atoms with Gasteiger partial charge in [0.15, 0.2) is 0 Å². The number of carbonyl (C=O) groups is 2. The molecule has 4 aromatic rings. The summed E-state index contributed by atoms with van der Waals surface area (Å²) in [5.41, 5.74) is 24.3. The third-order valence-electron chi connectivity index (χ3n) is 9.32. The van der Waals surface area contributed by atoms with Gasteiger partial charge in [0.25, 0.3) is 0 Å². The molecule has 0 unspecified atom stereocenters. The Labute approximate surface area is 361 Å². The summed E-state index contributed by atoms with van der Waals surface area (Å²) in [6.45, 7) is 6.91. The molecule has 1 fully saturated rings. The maximum Gasteiger partial charge on any atom is 0.312 e. The highest BCUT2D eigenvalue weighted by Crippen LogP contribution is 2.15. The Hall–Kier alpha value is -7.18. The number of hydrogen-bond donors (Lipinski definition) is 10. The van der Waals surface area contributed by atoms with E-state index in [1.165, 1.54) is 4.90 Å². The molecular weight excluding hydrogens is 793 g/mol. The van der Waals surface area contributed by atoms with Gasteiger partial charge in [-0.1, -0.05) is 0 Å². The minimum atomic E-state index is -0.530. The fourth-order valence-electron chi connectivity index (χ4n) is 5.84. The van der Waals surface area contributed by atoms with Crippen LogP contribution in [0.25, 0.3) is 0 Å². The van der Waals surface area contributed by atoms with E-state index < -0.39 is 11.8 Å². The summed E-state index contributed by atoms with van der Waals surface area (Å²) in [6, 6.07) is 28.1. The van der Waals surface area contributed by atoms with Crippen LogP contribution in [0, 0.1) is 21.6 Å². The number of nitrogens with zero attached hydrogens (tertiary/aromatic N) is 2. The molecule has 14 N–H and O–H groups in total. The van der Waals surface area contributed by atoms with Gasteiger partial charge in [-0.3, -0.25) is 31.2 Å². The van der Waals surface area contributed by atoms with Crippen LogP contribution in [0.5, 0.6) is 23.0 Å². The van der Waals surface area contributed by atoms with Gasteiger partial charge in [0.05, 0.1) is 19.8 Å². The Kier molecular flexibility index (Phi) is 19.5. The van der Waals surface area contributed by atoms with E-state index in [1.54, 1.807) is 77.7 Å². The van der Waals surface area contributed by atoms with E-state index in [0.717, 1.165) is 44.1 Å². The summed E-state index contributed by atoms with van der Waals surface area (Å²) in [5, 5.41) is 36.2. The Bertz CT molecular complexity index is 2000. The molecule has 4 aromatic carbocycles. The van der Waals surface area contributed by atoms with Crippen molar-refractivity contribution in [2.75, 3.05) is 78.8 Å². The number of nitrogens with one attached hydrogen (secondary N) is 6. The lowest BCUT2D eigenvalue weighted by atomic mass is 10.2. The molecule has 18 heteroatoms. The lowest BCUT2D eigenvalue weighted by Crippen LogP contribution is -2.55. The maximum absolute atomic E-state index is 12.4. The Morgan fingerprint density at radius 1 is 0.435 bits per heavy atom. The average molecular weight is 851 g/mol. The van der Waals surface area contributed by atoms with Gasteiger partial charge in [-0.2, -0.15) is 0 Å². The molecule has 0 saturated carbocycles. The molecule has 0 aliphatic carbocycles. The summed E-state index contributed by atoms with van der Waals surface area (Å²) in [5.74, 6) is 1.87. The van der Waals surface area contributed by atoms with Crippen LogP contribution < -0.4 is 52.5 Å². The third-order valence-corrected chi connectivity index (χ3v) is 9.32. The van der Waals surface area contributed by atoms with E-state index in [4.69, 9.17) is 63.5 Å². The SMILES string of the molecule is N=C(N)c1ccc(OCCCN2CCN(CCOc3ccc(C(=N)N)cc3)C(=O)C2=O)cc1.N=C(N)c1ccc(OCCCNCCNCCOc2ccc(C(=N)N)cc2)cc1. The van der Waals surface area contributed by atoms with Crippen molar-refractivity contribution in [3.05, 3.63) is 119 Å². The summed E-state index contributed by atoms with van der Waals surface area (Å²) in [4.78, 5) is 27.9. The van der Waals surface area contributed by atoms with Crippen molar-refractivity contribution in [3.8, 4) is 23.0 Å². The molecule has 5 rings (SSSR count). The molecule has 1 aliphatic rings. The minimum Gasteiger partial charge on any atom is -0.494 e. The van der Waals surface area contributed by atoms with E-state index in [0.29, 0.717) is 86.2 Å². The van der Waals surface area contributed by atoms with Gasteiger partial charge in [-0.25, -0.2) is 0 Å². The molecule has 2 amide bonds. The Balaban J connectivity index is 0.000000275. The molecule has 0 aromatic heterocycles. The first-order valence-corrected chi connectivity index (χ1v) is 20.2. The minimum absolute atomic E-state index is 0.00115. The van der Waals surface area contributed by atoms with E-state index in [-0.39, 0.29) is 29.9 Å². The van der Waals surface area contributed by atoms with E-state index in [1.807, 2.05) is 24.3 Å². The van der Waals surface area contributed by atoms with Crippen molar-refractivity contribution >= 4 is 35.2 Å². The standard InChI is InChI=1S/C23H28N6O4.C21H30N6O2/c24-20(25)16-2-6-18(7-3-16)32-14-1-10-28-11-12-29(23(31)22(28)30)13-15-33-19-8-4-17(5-9-19)21(26)27;22-20(23)16-2-6-18(7-3-16)28-14-1-10-26-11-12-27-13-15-29-19-8-4-17(5-9-19)21(24)25/h2-9H,1,10-15H2,(H3,24,25)(H3,26,27);2-9,26-27H,1,10-15H2,(H3,22,23)(H3,24,25). The van der Waals surface area contributed by atoms with Crippen molar-refractivity contribution in [1.29, 1.82) is 21.6 Å². The highest BCUT2D eigenvalue weighted by molar-refractivity contribution is 6.35. The van der Waals surface area contributed by atoms with Crippen LogP contribution in [-0.2, 0) is 9.59 Å². The second kappa shape index (κ2) is 25.4. The maximum atomic E-state index is 12.4. The van der Waals surface area contributed by atoms with Gasteiger partial charge in [0.1, 0.15) is 59.6 Å². The molecule has 0 bridgehead atoms. The van der Waals surface area contributed by atoms with Crippen LogP contribution in [0.3, 0.4) is 0 Å². The molecule has 1 heterocycles. The molecule has 1 saturated heterocycles. The summed E-state index contributed by atoms with van der Waals surface area (Å²) >= 11 is 0. The second-order valence-electron chi connectivity index (χ2n) is 13.9. The van der Waals surface area contributed by atoms with Gasteiger partial charge in [-0.05, 0) is 116 Å². The number of nitrogen functional groups attached to an aromatic ring is 4. The van der Waals surface area contributed by atoms with Gasteiger partial charge in [0.2, 0.25) is 0 Å². The third kappa shape index (κ3) is 16.5. The largest absolute Gasteiger partial charge is 0.494 e. The summed E-state index contributed by atoms with van der Waals surface area (Å²) in [6.07, 6.45) is 1.50. The van der Waals surface area contributed by atoms with Crippen LogP contribution in [0.1, 0.15) is 35.1 Å². The van der Waals surface area contributed by atoms with Crippen LogP contribution in [0.4, 0.5) is 0 Å². The number of ether oxygens (including phenoxy) is 4. The Morgan fingerprint density at radius 3 is 1.15 bits per heavy atom.